The molecule has 0 bridgehead atoms. The number of amides is 1. The third kappa shape index (κ3) is 3.28. The quantitative estimate of drug-likeness (QED) is 0.527. The number of fused-ring (bicyclic) bond motifs is 3. The molecular weight excluding hydrogens is 351 g/mol. The molecule has 3 aromatic carbocycles. The minimum atomic E-state index is -0.516. The summed E-state index contributed by atoms with van der Waals surface area (Å²) in [4.78, 5) is 12.1. The van der Waals surface area contributed by atoms with Crippen LogP contribution >= 0.6 is 11.6 Å². The van der Waals surface area contributed by atoms with Crippen molar-refractivity contribution in [2.75, 3.05) is 17.2 Å². The largest absolute Gasteiger partial charge is 0.376 e. The predicted molar refractivity (Wildman–Crippen MR) is 103 cm³/mol. The van der Waals surface area contributed by atoms with Gasteiger partial charge in [0, 0.05) is 10.7 Å². The number of anilines is 2. The van der Waals surface area contributed by atoms with Gasteiger partial charge in [-0.2, -0.15) is 0 Å². The molecule has 0 atom stereocenters. The Morgan fingerprint density at radius 3 is 2.69 bits per heavy atom. The Morgan fingerprint density at radius 1 is 1.00 bits per heavy atom. The molecule has 1 aliphatic rings. The summed E-state index contributed by atoms with van der Waals surface area (Å²) in [6.07, 6.45) is 0.890. The van der Waals surface area contributed by atoms with Crippen LogP contribution in [0.3, 0.4) is 0 Å². The molecule has 0 aromatic heterocycles. The lowest BCUT2D eigenvalue weighted by molar-refractivity contribution is -0.114. The van der Waals surface area contributed by atoms with E-state index in [1.165, 1.54) is 40.5 Å². The summed E-state index contributed by atoms with van der Waals surface area (Å²) in [5.74, 6) is -0.854. The van der Waals surface area contributed by atoms with Crippen molar-refractivity contribution in [2.45, 2.75) is 6.42 Å². The molecule has 0 saturated heterocycles. The fourth-order valence-electron chi connectivity index (χ4n) is 3.23. The van der Waals surface area contributed by atoms with Crippen LogP contribution in [0.4, 0.5) is 15.8 Å². The molecule has 4 rings (SSSR count). The Hall–Kier alpha value is -2.85. The van der Waals surface area contributed by atoms with Gasteiger partial charge in [-0.1, -0.05) is 41.9 Å². The fraction of sp³-hybridized carbons (Fsp3) is 0.0952. The van der Waals surface area contributed by atoms with Gasteiger partial charge in [-0.3, -0.25) is 4.79 Å². The van der Waals surface area contributed by atoms with E-state index in [-0.39, 0.29) is 18.1 Å². The van der Waals surface area contributed by atoms with Gasteiger partial charge in [-0.05, 0) is 59.0 Å². The summed E-state index contributed by atoms with van der Waals surface area (Å²) in [5, 5.41) is 5.98. The second-order valence-corrected chi connectivity index (χ2v) is 6.67. The van der Waals surface area contributed by atoms with Gasteiger partial charge in [0.25, 0.3) is 0 Å². The van der Waals surface area contributed by atoms with Crippen molar-refractivity contribution >= 4 is 28.9 Å². The number of carbonyl (C=O) groups is 1. The summed E-state index contributed by atoms with van der Waals surface area (Å²) >= 11 is 5.83. The van der Waals surface area contributed by atoms with Crippen LogP contribution in [0, 0.1) is 5.82 Å². The highest BCUT2D eigenvalue weighted by atomic mass is 35.5. The van der Waals surface area contributed by atoms with E-state index in [0.29, 0.717) is 5.02 Å². The Morgan fingerprint density at radius 2 is 1.81 bits per heavy atom. The van der Waals surface area contributed by atoms with Crippen LogP contribution in [0.15, 0.2) is 60.7 Å². The van der Waals surface area contributed by atoms with Gasteiger partial charge in [0.05, 0.1) is 12.2 Å². The van der Waals surface area contributed by atoms with E-state index >= 15 is 0 Å². The minimum absolute atomic E-state index is 0.0394. The zero-order valence-corrected chi connectivity index (χ0v) is 14.6. The van der Waals surface area contributed by atoms with E-state index in [9.17, 15) is 9.18 Å². The highest BCUT2D eigenvalue weighted by Gasteiger charge is 2.18. The maximum atomic E-state index is 13.7. The lowest BCUT2D eigenvalue weighted by atomic mass is 10.1. The first-order valence-electron chi connectivity index (χ1n) is 8.30. The summed E-state index contributed by atoms with van der Waals surface area (Å²) in [6, 6.07) is 18.5. The normalized spacial score (nSPS) is 11.6. The van der Waals surface area contributed by atoms with Gasteiger partial charge in [0.15, 0.2) is 0 Å². The van der Waals surface area contributed by atoms with E-state index in [1.54, 1.807) is 0 Å². The molecule has 0 saturated carbocycles. The summed E-state index contributed by atoms with van der Waals surface area (Å²) in [5.41, 5.74) is 5.98. The van der Waals surface area contributed by atoms with E-state index in [0.717, 1.165) is 12.1 Å². The zero-order valence-electron chi connectivity index (χ0n) is 13.9. The Balaban J connectivity index is 1.42. The Labute approximate surface area is 155 Å². The molecule has 3 aromatic rings. The first-order valence-corrected chi connectivity index (χ1v) is 8.68. The number of hydrogen-bond acceptors (Lipinski definition) is 2. The number of nitrogens with one attached hydrogen (secondary N) is 2. The van der Waals surface area contributed by atoms with Crippen molar-refractivity contribution in [1.29, 1.82) is 0 Å². The van der Waals surface area contributed by atoms with Crippen molar-refractivity contribution in [1.82, 2.24) is 0 Å². The molecule has 0 aliphatic heterocycles. The molecule has 3 nitrogen and oxygen atoms in total. The minimum Gasteiger partial charge on any atom is -0.376 e. The first kappa shape index (κ1) is 16.6. The standard InChI is InChI=1S/C21H16ClFN2O/c22-15-5-8-19(23)20(11-15)25-21(26)12-24-16-6-7-18-14(10-16)9-13-3-1-2-4-17(13)18/h1-8,10-11,24H,9,12H2,(H,25,26). The Bertz CT molecular complexity index is 1000. The molecular formula is C21H16ClFN2O. The number of hydrogen-bond donors (Lipinski definition) is 2. The van der Waals surface area contributed by atoms with Gasteiger partial charge >= 0.3 is 0 Å². The molecule has 0 fully saturated rings. The summed E-state index contributed by atoms with van der Waals surface area (Å²) in [6.45, 7) is 0.0394. The maximum Gasteiger partial charge on any atom is 0.243 e. The van der Waals surface area contributed by atoms with Gasteiger partial charge < -0.3 is 10.6 Å². The average molecular weight is 367 g/mol. The lowest BCUT2D eigenvalue weighted by Gasteiger charge is -2.10. The van der Waals surface area contributed by atoms with Crippen molar-refractivity contribution in [3.05, 3.63) is 82.6 Å². The molecule has 1 aliphatic carbocycles. The predicted octanol–water partition coefficient (Wildman–Crippen LogP) is 5.10. The highest BCUT2D eigenvalue weighted by Crippen LogP contribution is 2.37. The number of halogens is 2. The van der Waals surface area contributed by atoms with Gasteiger partial charge in [-0.15, -0.1) is 0 Å². The van der Waals surface area contributed by atoms with E-state index in [4.69, 9.17) is 11.6 Å². The highest BCUT2D eigenvalue weighted by molar-refractivity contribution is 6.30. The van der Waals surface area contributed by atoms with Crippen molar-refractivity contribution in [3.63, 3.8) is 0 Å². The summed E-state index contributed by atoms with van der Waals surface area (Å²) < 4.78 is 13.7. The van der Waals surface area contributed by atoms with Crippen molar-refractivity contribution in [2.24, 2.45) is 0 Å². The smallest absolute Gasteiger partial charge is 0.243 e. The molecule has 130 valence electrons. The topological polar surface area (TPSA) is 41.1 Å². The zero-order chi connectivity index (χ0) is 18.1. The second kappa shape index (κ2) is 6.81. The lowest BCUT2D eigenvalue weighted by Crippen LogP contribution is -2.22. The van der Waals surface area contributed by atoms with Crippen LogP contribution in [0.1, 0.15) is 11.1 Å². The van der Waals surface area contributed by atoms with Crippen LogP contribution < -0.4 is 10.6 Å². The monoisotopic (exact) mass is 366 g/mol. The number of rotatable bonds is 4. The first-order chi connectivity index (χ1) is 12.6. The Kier molecular flexibility index (Phi) is 4.35. The molecule has 1 amide bonds. The number of carbonyl (C=O) groups excluding carboxylic acids is 1. The van der Waals surface area contributed by atoms with Gasteiger partial charge in [0.1, 0.15) is 5.82 Å². The van der Waals surface area contributed by atoms with Crippen LogP contribution in [-0.4, -0.2) is 12.5 Å². The molecule has 0 radical (unpaired) electrons. The third-order valence-corrected chi connectivity index (χ3v) is 4.68. The van der Waals surface area contributed by atoms with Crippen LogP contribution in [0.25, 0.3) is 11.1 Å². The second-order valence-electron chi connectivity index (χ2n) is 6.23. The van der Waals surface area contributed by atoms with Gasteiger partial charge in [0.2, 0.25) is 5.91 Å². The molecule has 2 N–H and O–H groups in total. The maximum absolute atomic E-state index is 13.7. The van der Waals surface area contributed by atoms with Crippen molar-refractivity contribution < 1.29 is 9.18 Å². The van der Waals surface area contributed by atoms with Crippen molar-refractivity contribution in [3.8, 4) is 11.1 Å². The molecule has 5 heteroatoms. The third-order valence-electron chi connectivity index (χ3n) is 4.45. The van der Waals surface area contributed by atoms with E-state index in [1.807, 2.05) is 18.2 Å². The molecule has 0 unspecified atom stereocenters. The molecule has 0 heterocycles. The fourth-order valence-corrected chi connectivity index (χ4v) is 3.40. The molecule has 26 heavy (non-hydrogen) atoms. The van der Waals surface area contributed by atoms with E-state index < -0.39 is 5.82 Å². The average Bonchev–Trinajstić information content (AvgIpc) is 3.01. The summed E-state index contributed by atoms with van der Waals surface area (Å²) in [7, 11) is 0. The van der Waals surface area contributed by atoms with Crippen LogP contribution in [-0.2, 0) is 11.2 Å². The number of benzene rings is 3. The van der Waals surface area contributed by atoms with Crippen LogP contribution in [0.5, 0.6) is 0 Å². The SMILES string of the molecule is O=C(CNc1ccc2c(c1)Cc1ccccc1-2)Nc1cc(Cl)ccc1F. The van der Waals surface area contributed by atoms with Gasteiger partial charge in [-0.25, -0.2) is 4.39 Å². The van der Waals surface area contributed by atoms with Crippen LogP contribution in [0.2, 0.25) is 5.02 Å². The van der Waals surface area contributed by atoms with E-state index in [2.05, 4.69) is 34.9 Å². The molecule has 0 spiro atoms.